The third-order valence-electron chi connectivity index (χ3n) is 7.89. The van der Waals surface area contributed by atoms with Gasteiger partial charge in [-0.25, -0.2) is 4.98 Å². The lowest BCUT2D eigenvalue weighted by Gasteiger charge is -2.34. The Hall–Kier alpha value is -3.07. The third kappa shape index (κ3) is 5.25. The molecule has 0 radical (unpaired) electrons. The lowest BCUT2D eigenvalue weighted by molar-refractivity contribution is 0.0337. The molecule has 1 aromatic heterocycles. The Kier molecular flexibility index (Phi) is 7.28. The van der Waals surface area contributed by atoms with E-state index in [1.165, 1.54) is 0 Å². The lowest BCUT2D eigenvalue weighted by atomic mass is 10.0. The minimum absolute atomic E-state index is 0.246. The monoisotopic (exact) mass is 518 g/mol. The summed E-state index contributed by atoms with van der Waals surface area (Å²) in [4.78, 5) is 9.74. The van der Waals surface area contributed by atoms with Gasteiger partial charge in [-0.15, -0.1) is 0 Å². The van der Waals surface area contributed by atoms with E-state index < -0.39 is 0 Å². The average molecular weight is 519 g/mol. The molecule has 3 aromatic rings. The lowest BCUT2D eigenvalue weighted by Crippen LogP contribution is -2.41. The first-order valence-electron chi connectivity index (χ1n) is 13.8. The zero-order chi connectivity index (χ0) is 26.1. The summed E-state index contributed by atoms with van der Waals surface area (Å²) in [5, 5.41) is 0. The summed E-state index contributed by atoms with van der Waals surface area (Å²) in [5.41, 5.74) is 4.15. The number of fused-ring (bicyclic) bond motifs is 3. The van der Waals surface area contributed by atoms with Crippen molar-refractivity contribution in [2.45, 2.75) is 52.0 Å². The van der Waals surface area contributed by atoms with Crippen molar-refractivity contribution in [3.05, 3.63) is 54.1 Å². The van der Waals surface area contributed by atoms with E-state index in [4.69, 9.17) is 23.9 Å². The predicted octanol–water partition coefficient (Wildman–Crippen LogP) is 4.52. The molecule has 4 heterocycles. The van der Waals surface area contributed by atoms with Crippen LogP contribution in [0.4, 0.5) is 0 Å². The Morgan fingerprint density at radius 2 is 1.84 bits per heavy atom. The van der Waals surface area contributed by atoms with E-state index in [-0.39, 0.29) is 6.10 Å². The molecule has 2 fully saturated rings. The smallest absolute Gasteiger partial charge is 0.151 e. The van der Waals surface area contributed by atoms with Crippen molar-refractivity contribution in [3.8, 4) is 34.1 Å². The molecule has 0 aliphatic carbocycles. The van der Waals surface area contributed by atoms with Crippen molar-refractivity contribution in [3.63, 3.8) is 0 Å². The minimum atomic E-state index is 0.246. The molecule has 2 saturated heterocycles. The predicted molar refractivity (Wildman–Crippen MR) is 146 cm³/mol. The number of ether oxygens (including phenoxy) is 4. The van der Waals surface area contributed by atoms with Crippen molar-refractivity contribution >= 4 is 0 Å². The Bertz CT molecular complexity index is 1260. The molecule has 202 valence electrons. The fraction of sp³-hybridized carbons (Fsp3) is 0.500. The SMILES string of the molecule is COc1cc(OC2CCN(C(C)C)CC2)ccc1-c1ccc2c(c1)OCc1nc(CN3CCOCC3)cn1-2. The molecular formula is C30H38N4O4. The van der Waals surface area contributed by atoms with E-state index in [9.17, 15) is 0 Å². The van der Waals surface area contributed by atoms with Gasteiger partial charge >= 0.3 is 0 Å². The number of benzene rings is 2. The maximum Gasteiger partial charge on any atom is 0.151 e. The van der Waals surface area contributed by atoms with E-state index in [0.29, 0.717) is 12.6 Å². The molecule has 0 spiro atoms. The van der Waals surface area contributed by atoms with Crippen molar-refractivity contribution in [1.29, 1.82) is 0 Å². The van der Waals surface area contributed by atoms with Crippen LogP contribution in [0.5, 0.6) is 17.2 Å². The van der Waals surface area contributed by atoms with E-state index >= 15 is 0 Å². The fourth-order valence-corrected chi connectivity index (χ4v) is 5.67. The van der Waals surface area contributed by atoms with Gasteiger partial charge in [0.05, 0.1) is 31.7 Å². The molecule has 0 amide bonds. The van der Waals surface area contributed by atoms with Crippen LogP contribution >= 0.6 is 0 Å². The quantitative estimate of drug-likeness (QED) is 0.456. The molecule has 0 bridgehead atoms. The van der Waals surface area contributed by atoms with E-state index in [0.717, 1.165) is 104 Å². The second-order valence-electron chi connectivity index (χ2n) is 10.7. The van der Waals surface area contributed by atoms with Crippen molar-refractivity contribution < 1.29 is 18.9 Å². The summed E-state index contributed by atoms with van der Waals surface area (Å²) in [6.07, 6.45) is 4.49. The van der Waals surface area contributed by atoms with Gasteiger partial charge in [0.25, 0.3) is 0 Å². The summed E-state index contributed by atoms with van der Waals surface area (Å²) < 4.78 is 25.9. The number of rotatable bonds is 7. The zero-order valence-electron chi connectivity index (χ0n) is 22.7. The topological polar surface area (TPSA) is 61.2 Å². The molecule has 38 heavy (non-hydrogen) atoms. The Balaban J connectivity index is 1.18. The van der Waals surface area contributed by atoms with Gasteiger partial charge in [0.2, 0.25) is 0 Å². The molecular weight excluding hydrogens is 480 g/mol. The Morgan fingerprint density at radius 3 is 2.61 bits per heavy atom. The fourth-order valence-electron chi connectivity index (χ4n) is 5.67. The first-order chi connectivity index (χ1) is 18.6. The number of imidazole rings is 1. The summed E-state index contributed by atoms with van der Waals surface area (Å²) in [7, 11) is 1.71. The normalized spacial score (nSPS) is 18.6. The number of methoxy groups -OCH3 is 1. The van der Waals surface area contributed by atoms with Gasteiger partial charge in [-0.3, -0.25) is 9.47 Å². The summed E-state index contributed by atoms with van der Waals surface area (Å²) in [6, 6.07) is 13.1. The molecule has 8 heteroatoms. The molecule has 8 nitrogen and oxygen atoms in total. The van der Waals surface area contributed by atoms with E-state index in [1.807, 2.05) is 6.07 Å². The first kappa shape index (κ1) is 25.2. The van der Waals surface area contributed by atoms with Crippen LogP contribution in [0.2, 0.25) is 0 Å². The van der Waals surface area contributed by atoms with E-state index in [2.05, 4.69) is 64.7 Å². The molecule has 2 aromatic carbocycles. The first-order valence-corrected chi connectivity index (χ1v) is 13.8. The van der Waals surface area contributed by atoms with Crippen LogP contribution in [0.3, 0.4) is 0 Å². The molecule has 3 aliphatic heterocycles. The molecule has 0 atom stereocenters. The number of piperidine rings is 1. The van der Waals surface area contributed by atoms with Crippen molar-refractivity contribution in [2.75, 3.05) is 46.5 Å². The highest BCUT2D eigenvalue weighted by molar-refractivity contribution is 5.74. The molecule has 0 N–H and O–H groups in total. The largest absolute Gasteiger partial charge is 0.496 e. The molecule has 0 unspecified atom stereocenters. The van der Waals surface area contributed by atoms with E-state index in [1.54, 1.807) is 7.11 Å². The number of nitrogens with zero attached hydrogens (tertiary/aromatic N) is 4. The van der Waals surface area contributed by atoms with Crippen LogP contribution in [-0.4, -0.2) is 78.0 Å². The second-order valence-corrected chi connectivity index (χ2v) is 10.7. The highest BCUT2D eigenvalue weighted by Crippen LogP contribution is 2.39. The van der Waals surface area contributed by atoms with Gasteiger partial charge in [-0.2, -0.15) is 0 Å². The Morgan fingerprint density at radius 1 is 1.03 bits per heavy atom. The van der Waals surface area contributed by atoms with Gasteiger partial charge in [-0.05, 0) is 56.5 Å². The molecule has 3 aliphatic rings. The maximum absolute atomic E-state index is 6.35. The number of morpholine rings is 1. The molecule has 0 saturated carbocycles. The number of likely N-dealkylation sites (tertiary alicyclic amines) is 1. The third-order valence-corrected chi connectivity index (χ3v) is 7.89. The van der Waals surface area contributed by atoms with Gasteiger partial charge in [0.1, 0.15) is 30.0 Å². The van der Waals surface area contributed by atoms with Crippen LogP contribution in [0.25, 0.3) is 16.8 Å². The van der Waals surface area contributed by atoms with Gasteiger partial charge in [0.15, 0.2) is 5.82 Å². The van der Waals surface area contributed by atoms with Crippen LogP contribution < -0.4 is 14.2 Å². The second kappa shape index (κ2) is 11.0. The summed E-state index contributed by atoms with van der Waals surface area (Å²) in [6.45, 7) is 11.4. The maximum atomic E-state index is 6.35. The van der Waals surface area contributed by atoms with Gasteiger partial charge in [0, 0.05) is 56.6 Å². The van der Waals surface area contributed by atoms with Crippen LogP contribution in [-0.2, 0) is 17.9 Å². The van der Waals surface area contributed by atoms with Crippen molar-refractivity contribution in [2.24, 2.45) is 0 Å². The minimum Gasteiger partial charge on any atom is -0.496 e. The number of hydrogen-bond acceptors (Lipinski definition) is 7. The number of hydrogen-bond donors (Lipinski definition) is 0. The van der Waals surface area contributed by atoms with Crippen LogP contribution in [0.15, 0.2) is 42.6 Å². The van der Waals surface area contributed by atoms with Crippen LogP contribution in [0.1, 0.15) is 38.2 Å². The highest BCUT2D eigenvalue weighted by Gasteiger charge is 2.24. The standard InChI is InChI=1S/C30H38N4O4/c1-21(2)33-10-8-24(9-11-33)38-25-5-6-26(28(17-25)35-3)22-4-7-27-29(16-22)37-20-30-31-23(19-34(27)30)18-32-12-14-36-15-13-32/h4-7,16-17,19,21,24H,8-15,18,20H2,1-3H3. The highest BCUT2D eigenvalue weighted by atomic mass is 16.5. The number of aromatic nitrogens is 2. The van der Waals surface area contributed by atoms with Gasteiger partial charge in [-0.1, -0.05) is 6.07 Å². The Labute approximate surface area is 225 Å². The zero-order valence-corrected chi connectivity index (χ0v) is 22.7. The summed E-state index contributed by atoms with van der Waals surface area (Å²) in [5.74, 6) is 3.45. The van der Waals surface area contributed by atoms with Gasteiger partial charge < -0.3 is 23.8 Å². The van der Waals surface area contributed by atoms with Crippen LogP contribution in [0, 0.1) is 0 Å². The summed E-state index contributed by atoms with van der Waals surface area (Å²) >= 11 is 0. The average Bonchev–Trinajstić information content (AvgIpc) is 3.36. The molecule has 6 rings (SSSR count). The van der Waals surface area contributed by atoms with Crippen molar-refractivity contribution in [1.82, 2.24) is 19.4 Å².